The molecule has 0 saturated heterocycles. The molecule has 2 aromatic carbocycles. The van der Waals surface area contributed by atoms with Crippen LogP contribution in [0.2, 0.25) is 0 Å². The molecule has 0 spiro atoms. The number of halogens is 1. The first-order valence-electron chi connectivity index (χ1n) is 5.62. The van der Waals surface area contributed by atoms with Gasteiger partial charge in [0.05, 0.1) is 0 Å². The van der Waals surface area contributed by atoms with Crippen molar-refractivity contribution in [2.75, 3.05) is 5.73 Å². The van der Waals surface area contributed by atoms with E-state index in [0.717, 1.165) is 22.3 Å². The molecule has 0 bridgehead atoms. The molecule has 0 aliphatic heterocycles. The van der Waals surface area contributed by atoms with Gasteiger partial charge in [0.1, 0.15) is 5.82 Å². The third-order valence-corrected chi connectivity index (χ3v) is 2.93. The monoisotopic (exact) mass is 229 g/mol. The van der Waals surface area contributed by atoms with Crippen molar-refractivity contribution >= 4 is 5.69 Å². The van der Waals surface area contributed by atoms with Crippen LogP contribution in [0.3, 0.4) is 0 Å². The highest BCUT2D eigenvalue weighted by molar-refractivity contribution is 5.79. The lowest BCUT2D eigenvalue weighted by Crippen LogP contribution is -1.97. The van der Waals surface area contributed by atoms with Crippen molar-refractivity contribution in [1.29, 1.82) is 0 Å². The fourth-order valence-corrected chi connectivity index (χ4v) is 2.06. The number of hydrogen-bond donors (Lipinski definition) is 1. The Hall–Kier alpha value is -1.83. The SMILES string of the molecule is Cc1cc(N)c(-c2cc(C)ccc2C)c(F)c1. The second-order valence-corrected chi connectivity index (χ2v) is 4.53. The summed E-state index contributed by atoms with van der Waals surface area (Å²) in [6, 6.07) is 9.30. The van der Waals surface area contributed by atoms with Gasteiger partial charge in [-0.3, -0.25) is 0 Å². The number of rotatable bonds is 1. The highest BCUT2D eigenvalue weighted by Crippen LogP contribution is 2.32. The molecule has 0 fully saturated rings. The number of anilines is 1. The van der Waals surface area contributed by atoms with Gasteiger partial charge < -0.3 is 5.73 Å². The summed E-state index contributed by atoms with van der Waals surface area (Å²) in [6.45, 7) is 5.80. The highest BCUT2D eigenvalue weighted by atomic mass is 19.1. The van der Waals surface area contributed by atoms with Gasteiger partial charge in [0.2, 0.25) is 0 Å². The number of hydrogen-bond acceptors (Lipinski definition) is 1. The predicted molar refractivity (Wildman–Crippen MR) is 70.5 cm³/mol. The highest BCUT2D eigenvalue weighted by Gasteiger charge is 2.12. The molecule has 2 aromatic rings. The first-order chi connectivity index (χ1) is 7.99. The van der Waals surface area contributed by atoms with E-state index in [-0.39, 0.29) is 5.82 Å². The number of nitrogens with two attached hydrogens (primary N) is 1. The van der Waals surface area contributed by atoms with Crippen LogP contribution in [0, 0.1) is 26.6 Å². The summed E-state index contributed by atoms with van der Waals surface area (Å²) in [4.78, 5) is 0. The fraction of sp³-hybridized carbons (Fsp3) is 0.200. The zero-order valence-corrected chi connectivity index (χ0v) is 10.3. The summed E-state index contributed by atoms with van der Waals surface area (Å²) in [5.74, 6) is -0.254. The maximum absolute atomic E-state index is 14.0. The van der Waals surface area contributed by atoms with E-state index in [9.17, 15) is 4.39 Å². The molecule has 0 atom stereocenters. The largest absolute Gasteiger partial charge is 0.398 e. The van der Waals surface area contributed by atoms with E-state index in [4.69, 9.17) is 5.73 Å². The summed E-state index contributed by atoms with van der Waals surface area (Å²) in [5.41, 5.74) is 10.8. The topological polar surface area (TPSA) is 26.0 Å². The van der Waals surface area contributed by atoms with Crippen LogP contribution in [0.15, 0.2) is 30.3 Å². The molecule has 1 nitrogen and oxygen atoms in total. The van der Waals surface area contributed by atoms with Crippen LogP contribution in [0.4, 0.5) is 10.1 Å². The van der Waals surface area contributed by atoms with Crippen LogP contribution in [0.25, 0.3) is 11.1 Å². The summed E-state index contributed by atoms with van der Waals surface area (Å²) < 4.78 is 14.0. The van der Waals surface area contributed by atoms with Gasteiger partial charge in [-0.25, -0.2) is 4.39 Å². The molecule has 2 N–H and O–H groups in total. The Bertz CT molecular complexity index is 550. The Labute approximate surface area is 101 Å². The normalized spacial score (nSPS) is 10.6. The molecule has 0 heterocycles. The summed E-state index contributed by atoms with van der Waals surface area (Å²) in [7, 11) is 0. The van der Waals surface area contributed by atoms with Crippen molar-refractivity contribution in [1.82, 2.24) is 0 Å². The smallest absolute Gasteiger partial charge is 0.133 e. The van der Waals surface area contributed by atoms with Crippen LogP contribution < -0.4 is 5.73 Å². The quantitative estimate of drug-likeness (QED) is 0.735. The third-order valence-electron chi connectivity index (χ3n) is 2.93. The van der Waals surface area contributed by atoms with Crippen LogP contribution in [0.5, 0.6) is 0 Å². The van der Waals surface area contributed by atoms with Gasteiger partial charge in [-0.1, -0.05) is 23.8 Å². The number of benzene rings is 2. The molecular formula is C15H16FN. The van der Waals surface area contributed by atoms with Gasteiger partial charge >= 0.3 is 0 Å². The first kappa shape index (κ1) is 11.6. The molecular weight excluding hydrogens is 213 g/mol. The predicted octanol–water partition coefficient (Wildman–Crippen LogP) is 4.00. The van der Waals surface area contributed by atoms with Gasteiger partial charge in [0.15, 0.2) is 0 Å². The Balaban J connectivity index is 2.72. The van der Waals surface area contributed by atoms with Gasteiger partial charge in [0, 0.05) is 11.3 Å². The molecule has 0 aromatic heterocycles. The molecule has 0 aliphatic carbocycles. The lowest BCUT2D eigenvalue weighted by Gasteiger charge is -2.12. The zero-order valence-electron chi connectivity index (χ0n) is 10.3. The number of aryl methyl sites for hydroxylation is 3. The van der Waals surface area contributed by atoms with E-state index in [2.05, 4.69) is 0 Å². The minimum absolute atomic E-state index is 0.254. The van der Waals surface area contributed by atoms with Crippen molar-refractivity contribution in [3.63, 3.8) is 0 Å². The second kappa shape index (κ2) is 4.21. The van der Waals surface area contributed by atoms with Crippen LogP contribution in [-0.4, -0.2) is 0 Å². The van der Waals surface area contributed by atoms with Gasteiger partial charge in [-0.2, -0.15) is 0 Å². The van der Waals surface area contributed by atoms with Crippen LogP contribution >= 0.6 is 0 Å². The molecule has 0 aliphatic rings. The number of nitrogen functional groups attached to an aromatic ring is 1. The molecule has 0 unspecified atom stereocenters. The van der Waals surface area contributed by atoms with E-state index in [1.54, 1.807) is 6.07 Å². The van der Waals surface area contributed by atoms with E-state index in [0.29, 0.717) is 11.3 Å². The van der Waals surface area contributed by atoms with Crippen LogP contribution in [-0.2, 0) is 0 Å². The van der Waals surface area contributed by atoms with E-state index in [1.807, 2.05) is 39.0 Å². The Morgan fingerprint density at radius 2 is 1.65 bits per heavy atom. The van der Waals surface area contributed by atoms with Crippen molar-refractivity contribution < 1.29 is 4.39 Å². The molecule has 17 heavy (non-hydrogen) atoms. The lowest BCUT2D eigenvalue weighted by molar-refractivity contribution is 0.630. The standard InChI is InChI=1S/C15H16FN/c1-9-4-5-11(3)12(6-9)15-13(16)7-10(2)8-14(15)17/h4-8H,17H2,1-3H3. The van der Waals surface area contributed by atoms with Gasteiger partial charge in [0.25, 0.3) is 0 Å². The van der Waals surface area contributed by atoms with E-state index >= 15 is 0 Å². The van der Waals surface area contributed by atoms with Crippen molar-refractivity contribution in [2.24, 2.45) is 0 Å². The van der Waals surface area contributed by atoms with E-state index in [1.165, 1.54) is 6.07 Å². The molecule has 88 valence electrons. The Kier molecular flexibility index (Phi) is 2.88. The van der Waals surface area contributed by atoms with E-state index < -0.39 is 0 Å². The molecule has 0 saturated carbocycles. The maximum atomic E-state index is 14.0. The summed E-state index contributed by atoms with van der Waals surface area (Å²) in [6.07, 6.45) is 0. The molecule has 2 heteroatoms. The van der Waals surface area contributed by atoms with Gasteiger partial charge in [-0.05, 0) is 49.6 Å². The van der Waals surface area contributed by atoms with Gasteiger partial charge in [-0.15, -0.1) is 0 Å². The molecule has 0 radical (unpaired) electrons. The summed E-state index contributed by atoms with van der Waals surface area (Å²) >= 11 is 0. The Morgan fingerprint density at radius 1 is 0.941 bits per heavy atom. The minimum Gasteiger partial charge on any atom is -0.398 e. The van der Waals surface area contributed by atoms with Crippen molar-refractivity contribution in [3.8, 4) is 11.1 Å². The fourth-order valence-electron chi connectivity index (χ4n) is 2.06. The second-order valence-electron chi connectivity index (χ2n) is 4.53. The zero-order chi connectivity index (χ0) is 12.6. The molecule has 0 amide bonds. The molecule has 2 rings (SSSR count). The van der Waals surface area contributed by atoms with Crippen molar-refractivity contribution in [2.45, 2.75) is 20.8 Å². The lowest BCUT2D eigenvalue weighted by atomic mass is 9.96. The average Bonchev–Trinajstić information content (AvgIpc) is 2.21. The van der Waals surface area contributed by atoms with Crippen LogP contribution in [0.1, 0.15) is 16.7 Å². The summed E-state index contributed by atoms with van der Waals surface area (Å²) in [5, 5.41) is 0. The third kappa shape index (κ3) is 2.16. The average molecular weight is 229 g/mol. The first-order valence-corrected chi connectivity index (χ1v) is 5.62. The maximum Gasteiger partial charge on any atom is 0.133 e. The Morgan fingerprint density at radius 3 is 2.29 bits per heavy atom. The van der Waals surface area contributed by atoms with Crippen molar-refractivity contribution in [3.05, 3.63) is 52.8 Å². The minimum atomic E-state index is -0.254.